The first-order valence-corrected chi connectivity index (χ1v) is 6.43. The molecule has 0 saturated heterocycles. The average Bonchev–Trinajstić information content (AvgIpc) is 2.84. The Morgan fingerprint density at radius 3 is 2.76 bits per heavy atom. The van der Waals surface area contributed by atoms with Crippen LogP contribution < -0.4 is 5.32 Å². The zero-order valence-corrected chi connectivity index (χ0v) is 11.8. The predicted molar refractivity (Wildman–Crippen MR) is 75.1 cm³/mol. The quantitative estimate of drug-likeness (QED) is 0.672. The summed E-state index contributed by atoms with van der Waals surface area (Å²) < 4.78 is 5.03. The Balaban J connectivity index is 1.97. The lowest BCUT2D eigenvalue weighted by molar-refractivity contribution is -0.385. The zero-order valence-electron chi connectivity index (χ0n) is 11.8. The minimum atomic E-state index is -0.497. The Bertz CT molecular complexity index is 679. The van der Waals surface area contributed by atoms with Crippen molar-refractivity contribution in [3.63, 3.8) is 0 Å². The van der Waals surface area contributed by atoms with E-state index in [1.807, 2.05) is 6.92 Å². The molecule has 1 amide bonds. The average molecular weight is 289 g/mol. The number of rotatable bonds is 5. The van der Waals surface area contributed by atoms with Crippen LogP contribution in [0, 0.1) is 24.0 Å². The van der Waals surface area contributed by atoms with Crippen LogP contribution in [0.1, 0.15) is 27.4 Å². The van der Waals surface area contributed by atoms with Gasteiger partial charge in [0.05, 0.1) is 10.6 Å². The smallest absolute Gasteiger partial charge is 0.273 e. The number of nitro groups is 1. The van der Waals surface area contributed by atoms with Gasteiger partial charge in [-0.2, -0.15) is 0 Å². The van der Waals surface area contributed by atoms with E-state index in [1.165, 1.54) is 6.07 Å². The summed E-state index contributed by atoms with van der Waals surface area (Å²) in [6, 6.07) is 6.20. The third-order valence-electron chi connectivity index (χ3n) is 3.00. The van der Waals surface area contributed by atoms with Crippen molar-refractivity contribution < 1.29 is 14.2 Å². The number of amides is 1. The maximum atomic E-state index is 11.9. The molecule has 0 unspecified atom stereocenters. The highest BCUT2D eigenvalue weighted by Crippen LogP contribution is 2.19. The third-order valence-corrected chi connectivity index (χ3v) is 3.00. The Labute approximate surface area is 121 Å². The zero-order chi connectivity index (χ0) is 15.4. The normalized spacial score (nSPS) is 10.4. The number of nitro benzene ring substituents is 1. The Kier molecular flexibility index (Phi) is 4.32. The molecule has 0 aliphatic rings. The van der Waals surface area contributed by atoms with Crippen LogP contribution in [0.2, 0.25) is 0 Å². The van der Waals surface area contributed by atoms with Crippen LogP contribution in [0.15, 0.2) is 28.8 Å². The van der Waals surface area contributed by atoms with Crippen LogP contribution >= 0.6 is 0 Å². The van der Waals surface area contributed by atoms with E-state index in [-0.39, 0.29) is 17.2 Å². The van der Waals surface area contributed by atoms with Gasteiger partial charge in [0.2, 0.25) is 0 Å². The monoisotopic (exact) mass is 289 g/mol. The highest BCUT2D eigenvalue weighted by molar-refractivity contribution is 5.94. The van der Waals surface area contributed by atoms with Crippen molar-refractivity contribution in [3.8, 4) is 0 Å². The number of benzene rings is 1. The van der Waals surface area contributed by atoms with Gasteiger partial charge in [0.1, 0.15) is 5.76 Å². The van der Waals surface area contributed by atoms with Crippen LogP contribution in [-0.4, -0.2) is 22.5 Å². The number of hydrogen-bond donors (Lipinski definition) is 1. The van der Waals surface area contributed by atoms with Crippen molar-refractivity contribution in [2.75, 3.05) is 6.54 Å². The van der Waals surface area contributed by atoms with E-state index < -0.39 is 4.92 Å². The molecule has 110 valence electrons. The molecular weight excluding hydrogens is 274 g/mol. The van der Waals surface area contributed by atoms with Gasteiger partial charge in [0.25, 0.3) is 11.6 Å². The molecule has 1 heterocycles. The molecular formula is C14H15N3O4. The molecule has 7 heteroatoms. The first-order chi connectivity index (χ1) is 9.97. The largest absolute Gasteiger partial charge is 0.361 e. The molecule has 0 radical (unpaired) electrons. The van der Waals surface area contributed by atoms with Crippen molar-refractivity contribution in [1.29, 1.82) is 0 Å². The first-order valence-electron chi connectivity index (χ1n) is 6.43. The van der Waals surface area contributed by atoms with Gasteiger partial charge in [-0.1, -0.05) is 11.2 Å². The van der Waals surface area contributed by atoms with E-state index >= 15 is 0 Å². The standard InChI is InChI=1S/C14H15N3O4/c1-9-3-4-11(8-13(9)17(19)20)14(18)15-6-5-12-7-10(2)16-21-12/h3-4,7-8H,5-6H2,1-2H3,(H,15,18). The van der Waals surface area contributed by atoms with Crippen LogP contribution in [0.25, 0.3) is 0 Å². The van der Waals surface area contributed by atoms with Gasteiger partial charge < -0.3 is 9.84 Å². The van der Waals surface area contributed by atoms with Crippen LogP contribution in [0.3, 0.4) is 0 Å². The van der Waals surface area contributed by atoms with Gasteiger partial charge in [-0.3, -0.25) is 14.9 Å². The van der Waals surface area contributed by atoms with Crippen molar-refractivity contribution in [2.45, 2.75) is 20.3 Å². The van der Waals surface area contributed by atoms with Crippen LogP contribution in [-0.2, 0) is 6.42 Å². The predicted octanol–water partition coefficient (Wildman–Crippen LogP) is 2.17. The number of carbonyl (C=O) groups is 1. The molecule has 0 aliphatic carbocycles. The van der Waals surface area contributed by atoms with Gasteiger partial charge in [-0.25, -0.2) is 0 Å². The molecule has 1 N–H and O–H groups in total. The lowest BCUT2D eigenvalue weighted by Crippen LogP contribution is -2.25. The van der Waals surface area contributed by atoms with Crippen LogP contribution in [0.5, 0.6) is 0 Å². The van der Waals surface area contributed by atoms with Crippen molar-refractivity contribution in [3.05, 3.63) is 57.0 Å². The number of carbonyl (C=O) groups excluding carboxylic acids is 1. The fourth-order valence-corrected chi connectivity index (χ4v) is 1.88. The number of nitrogens with one attached hydrogen (secondary N) is 1. The number of hydrogen-bond acceptors (Lipinski definition) is 5. The fourth-order valence-electron chi connectivity index (χ4n) is 1.88. The van der Waals surface area contributed by atoms with E-state index in [2.05, 4.69) is 10.5 Å². The molecule has 1 aromatic heterocycles. The summed E-state index contributed by atoms with van der Waals surface area (Å²) in [5.74, 6) is 0.331. The van der Waals surface area contributed by atoms with Gasteiger partial charge >= 0.3 is 0 Å². The SMILES string of the molecule is Cc1cc(CCNC(=O)c2ccc(C)c([N+](=O)[O-])c2)on1. The minimum absolute atomic E-state index is 0.0616. The van der Waals surface area contributed by atoms with Gasteiger partial charge in [-0.15, -0.1) is 0 Å². The Hall–Kier alpha value is -2.70. The van der Waals surface area contributed by atoms with Gasteiger partial charge in [0.15, 0.2) is 0 Å². The second-order valence-corrected chi connectivity index (χ2v) is 4.70. The minimum Gasteiger partial charge on any atom is -0.361 e. The van der Waals surface area contributed by atoms with Crippen molar-refractivity contribution in [2.24, 2.45) is 0 Å². The molecule has 2 rings (SSSR count). The summed E-state index contributed by atoms with van der Waals surface area (Å²) in [5, 5.41) is 17.3. The summed E-state index contributed by atoms with van der Waals surface area (Å²) in [5.41, 5.74) is 1.51. The highest BCUT2D eigenvalue weighted by atomic mass is 16.6. The number of aromatic nitrogens is 1. The summed E-state index contributed by atoms with van der Waals surface area (Å²) in [6.45, 7) is 3.82. The highest BCUT2D eigenvalue weighted by Gasteiger charge is 2.14. The molecule has 0 saturated carbocycles. The molecule has 0 atom stereocenters. The maximum Gasteiger partial charge on any atom is 0.273 e. The van der Waals surface area contributed by atoms with Crippen LogP contribution in [0.4, 0.5) is 5.69 Å². The van der Waals surface area contributed by atoms with E-state index in [0.717, 1.165) is 5.69 Å². The summed E-state index contributed by atoms with van der Waals surface area (Å²) in [4.78, 5) is 22.3. The van der Waals surface area contributed by atoms with Crippen molar-refractivity contribution in [1.82, 2.24) is 10.5 Å². The molecule has 0 spiro atoms. The molecule has 7 nitrogen and oxygen atoms in total. The topological polar surface area (TPSA) is 98.3 Å². The Morgan fingerprint density at radius 1 is 1.38 bits per heavy atom. The second-order valence-electron chi connectivity index (χ2n) is 4.70. The maximum absolute atomic E-state index is 11.9. The molecule has 0 bridgehead atoms. The van der Waals surface area contributed by atoms with E-state index in [9.17, 15) is 14.9 Å². The molecule has 1 aromatic carbocycles. The number of nitrogens with zero attached hydrogens (tertiary/aromatic N) is 2. The fraction of sp³-hybridized carbons (Fsp3) is 0.286. The van der Waals surface area contributed by atoms with Crippen molar-refractivity contribution >= 4 is 11.6 Å². The molecule has 21 heavy (non-hydrogen) atoms. The Morgan fingerprint density at radius 2 is 2.14 bits per heavy atom. The molecule has 0 aliphatic heterocycles. The van der Waals surface area contributed by atoms with E-state index in [0.29, 0.717) is 24.3 Å². The molecule has 2 aromatic rings. The number of aryl methyl sites for hydroxylation is 2. The van der Waals surface area contributed by atoms with Gasteiger partial charge in [-0.05, 0) is 19.9 Å². The van der Waals surface area contributed by atoms with E-state index in [4.69, 9.17) is 4.52 Å². The van der Waals surface area contributed by atoms with Gasteiger partial charge in [0, 0.05) is 36.2 Å². The molecule has 0 fully saturated rings. The lowest BCUT2D eigenvalue weighted by Gasteiger charge is -2.05. The summed E-state index contributed by atoms with van der Waals surface area (Å²) >= 11 is 0. The second kappa shape index (κ2) is 6.17. The summed E-state index contributed by atoms with van der Waals surface area (Å²) in [7, 11) is 0. The summed E-state index contributed by atoms with van der Waals surface area (Å²) in [6.07, 6.45) is 0.514. The van der Waals surface area contributed by atoms with E-state index in [1.54, 1.807) is 25.1 Å². The lowest BCUT2D eigenvalue weighted by atomic mass is 10.1. The third kappa shape index (κ3) is 3.65. The first kappa shape index (κ1) is 14.7.